The molecule has 1 N–H and O–H groups in total. The second-order valence-corrected chi connectivity index (χ2v) is 8.74. The lowest BCUT2D eigenvalue weighted by Gasteiger charge is -2.31. The van der Waals surface area contributed by atoms with Gasteiger partial charge >= 0.3 is 0 Å². The van der Waals surface area contributed by atoms with Crippen LogP contribution in [0.25, 0.3) is 11.0 Å². The van der Waals surface area contributed by atoms with E-state index in [1.54, 1.807) is 0 Å². The number of rotatable bonds is 7. The highest BCUT2D eigenvalue weighted by molar-refractivity contribution is 5.78. The lowest BCUT2D eigenvalue weighted by molar-refractivity contribution is -0.121. The van der Waals surface area contributed by atoms with Gasteiger partial charge in [0.25, 0.3) is 0 Å². The molecule has 4 rings (SSSR count). The fraction of sp³-hybridized carbons (Fsp3) is 0.542. The summed E-state index contributed by atoms with van der Waals surface area (Å²) >= 11 is 0. The fourth-order valence-electron chi connectivity index (χ4n) is 4.64. The predicted molar refractivity (Wildman–Crippen MR) is 123 cm³/mol. The third-order valence-corrected chi connectivity index (χ3v) is 6.40. The standard InChI is InChI=1S/C24H34N6O/c1-18-8-10-20(11-9-18)21(29-13-6-4-5-7-14-29)16-25-23(31)12-15-30-24-19(2)27-28(3)22(24)17-26-30/h8-11,17,21H,4-7,12-16H2,1-3H3,(H,25,31). The third kappa shape index (κ3) is 4.98. The van der Waals surface area contributed by atoms with Gasteiger partial charge in [0.1, 0.15) is 11.0 Å². The van der Waals surface area contributed by atoms with E-state index in [9.17, 15) is 4.79 Å². The molecule has 1 unspecified atom stereocenters. The maximum atomic E-state index is 12.7. The topological polar surface area (TPSA) is 68.0 Å². The van der Waals surface area contributed by atoms with Gasteiger partial charge < -0.3 is 5.32 Å². The van der Waals surface area contributed by atoms with Crippen LogP contribution in [0.15, 0.2) is 30.5 Å². The van der Waals surface area contributed by atoms with Crippen LogP contribution in [-0.4, -0.2) is 50.0 Å². The average molecular weight is 423 g/mol. The number of amides is 1. The van der Waals surface area contributed by atoms with Crippen molar-refractivity contribution in [2.24, 2.45) is 7.05 Å². The molecule has 1 amide bonds. The van der Waals surface area contributed by atoms with Gasteiger partial charge in [-0.2, -0.15) is 10.2 Å². The van der Waals surface area contributed by atoms with Gasteiger partial charge in [0.15, 0.2) is 0 Å². The molecule has 1 atom stereocenters. The van der Waals surface area contributed by atoms with Crippen molar-refractivity contribution in [3.8, 4) is 0 Å². The fourth-order valence-corrected chi connectivity index (χ4v) is 4.64. The van der Waals surface area contributed by atoms with Crippen molar-refractivity contribution in [1.82, 2.24) is 29.8 Å². The van der Waals surface area contributed by atoms with E-state index >= 15 is 0 Å². The molecule has 7 nitrogen and oxygen atoms in total. The second kappa shape index (κ2) is 9.64. The van der Waals surface area contributed by atoms with Gasteiger partial charge in [-0.3, -0.25) is 19.1 Å². The van der Waals surface area contributed by atoms with E-state index in [1.807, 2.05) is 29.5 Å². The summed E-state index contributed by atoms with van der Waals surface area (Å²) in [6.07, 6.45) is 7.29. The Labute approximate surface area is 184 Å². The first-order valence-corrected chi connectivity index (χ1v) is 11.5. The number of benzene rings is 1. The second-order valence-electron chi connectivity index (χ2n) is 8.74. The molecule has 1 fully saturated rings. The summed E-state index contributed by atoms with van der Waals surface area (Å²) in [5.41, 5.74) is 5.50. The molecule has 1 aromatic carbocycles. The molecule has 7 heteroatoms. The number of likely N-dealkylation sites (tertiary alicyclic amines) is 1. The SMILES string of the molecule is Cc1ccc(C(CNC(=O)CCn2ncc3c2c(C)nn3C)N2CCCCCC2)cc1. The molecule has 1 aliphatic rings. The Kier molecular flexibility index (Phi) is 6.70. The van der Waals surface area contributed by atoms with E-state index in [2.05, 4.69) is 51.6 Å². The van der Waals surface area contributed by atoms with Gasteiger partial charge in [0.05, 0.1) is 24.5 Å². The van der Waals surface area contributed by atoms with Crippen LogP contribution in [0.4, 0.5) is 0 Å². The maximum Gasteiger partial charge on any atom is 0.221 e. The van der Waals surface area contributed by atoms with Crippen molar-refractivity contribution in [2.75, 3.05) is 19.6 Å². The molecule has 3 aromatic rings. The van der Waals surface area contributed by atoms with E-state index < -0.39 is 0 Å². The van der Waals surface area contributed by atoms with Crippen LogP contribution < -0.4 is 5.32 Å². The first-order valence-electron chi connectivity index (χ1n) is 11.5. The molecule has 0 saturated carbocycles. The van der Waals surface area contributed by atoms with Crippen molar-refractivity contribution in [2.45, 2.75) is 58.5 Å². The van der Waals surface area contributed by atoms with Gasteiger partial charge in [-0.05, 0) is 45.3 Å². The van der Waals surface area contributed by atoms with Gasteiger partial charge in [-0.1, -0.05) is 42.7 Å². The number of nitrogens with one attached hydrogen (secondary N) is 1. The van der Waals surface area contributed by atoms with Gasteiger partial charge in [-0.25, -0.2) is 0 Å². The van der Waals surface area contributed by atoms with Crippen molar-refractivity contribution in [3.05, 3.63) is 47.3 Å². The smallest absolute Gasteiger partial charge is 0.221 e. The van der Waals surface area contributed by atoms with Crippen LogP contribution in [-0.2, 0) is 18.4 Å². The van der Waals surface area contributed by atoms with Crippen LogP contribution >= 0.6 is 0 Å². The number of carbonyl (C=O) groups is 1. The minimum atomic E-state index is 0.0668. The third-order valence-electron chi connectivity index (χ3n) is 6.40. The van der Waals surface area contributed by atoms with Crippen molar-refractivity contribution in [3.63, 3.8) is 0 Å². The molecule has 0 radical (unpaired) electrons. The Balaban J connectivity index is 1.39. The number of carbonyl (C=O) groups excluding carboxylic acids is 1. The van der Waals surface area contributed by atoms with E-state index in [0.717, 1.165) is 29.8 Å². The highest BCUT2D eigenvalue weighted by Gasteiger charge is 2.22. The Morgan fingerprint density at radius 1 is 1.10 bits per heavy atom. The number of fused-ring (bicyclic) bond motifs is 1. The molecule has 1 aliphatic heterocycles. The van der Waals surface area contributed by atoms with Gasteiger partial charge in [0, 0.05) is 20.0 Å². The number of hydrogen-bond acceptors (Lipinski definition) is 4. The molecular weight excluding hydrogens is 388 g/mol. The molecule has 31 heavy (non-hydrogen) atoms. The molecule has 0 spiro atoms. The van der Waals surface area contributed by atoms with E-state index in [1.165, 1.54) is 36.8 Å². The highest BCUT2D eigenvalue weighted by atomic mass is 16.1. The summed E-state index contributed by atoms with van der Waals surface area (Å²) in [6, 6.07) is 8.98. The minimum Gasteiger partial charge on any atom is -0.354 e. The van der Waals surface area contributed by atoms with Gasteiger partial charge in [-0.15, -0.1) is 0 Å². The van der Waals surface area contributed by atoms with E-state index in [-0.39, 0.29) is 11.9 Å². The van der Waals surface area contributed by atoms with Crippen LogP contribution in [0.2, 0.25) is 0 Å². The van der Waals surface area contributed by atoms with Crippen LogP contribution in [0.1, 0.15) is 55.0 Å². The molecule has 0 bridgehead atoms. The summed E-state index contributed by atoms with van der Waals surface area (Å²) in [4.78, 5) is 15.3. The summed E-state index contributed by atoms with van der Waals surface area (Å²) in [5.74, 6) is 0.0668. The van der Waals surface area contributed by atoms with Crippen LogP contribution in [0, 0.1) is 13.8 Å². The molecule has 1 saturated heterocycles. The lowest BCUT2D eigenvalue weighted by Crippen LogP contribution is -2.38. The summed E-state index contributed by atoms with van der Waals surface area (Å²) in [6.45, 7) is 7.49. The Morgan fingerprint density at radius 3 is 2.52 bits per heavy atom. The highest BCUT2D eigenvalue weighted by Crippen LogP contribution is 2.24. The average Bonchev–Trinajstić information content (AvgIpc) is 3.18. The Morgan fingerprint density at radius 2 is 1.81 bits per heavy atom. The predicted octanol–water partition coefficient (Wildman–Crippen LogP) is 3.51. The first kappa shape index (κ1) is 21.6. The zero-order chi connectivity index (χ0) is 21.8. The van der Waals surface area contributed by atoms with Crippen LogP contribution in [0.3, 0.4) is 0 Å². The Bertz CT molecular complexity index is 1010. The van der Waals surface area contributed by atoms with E-state index in [0.29, 0.717) is 19.5 Å². The normalized spacial score (nSPS) is 16.4. The van der Waals surface area contributed by atoms with Gasteiger partial charge in [0.2, 0.25) is 5.91 Å². The monoisotopic (exact) mass is 422 g/mol. The number of hydrogen-bond donors (Lipinski definition) is 1. The summed E-state index contributed by atoms with van der Waals surface area (Å²) in [7, 11) is 1.92. The molecule has 3 heterocycles. The first-order chi connectivity index (χ1) is 15.0. The molecule has 2 aromatic heterocycles. The van der Waals surface area contributed by atoms with Crippen molar-refractivity contribution < 1.29 is 4.79 Å². The minimum absolute atomic E-state index is 0.0668. The van der Waals surface area contributed by atoms with Crippen molar-refractivity contribution in [1.29, 1.82) is 0 Å². The van der Waals surface area contributed by atoms with Crippen molar-refractivity contribution >= 4 is 16.9 Å². The largest absolute Gasteiger partial charge is 0.354 e. The van der Waals surface area contributed by atoms with Crippen LogP contribution in [0.5, 0.6) is 0 Å². The molecule has 166 valence electrons. The zero-order valence-corrected chi connectivity index (χ0v) is 19.0. The summed E-state index contributed by atoms with van der Waals surface area (Å²) < 4.78 is 3.73. The summed E-state index contributed by atoms with van der Waals surface area (Å²) in [5, 5.41) is 12.1. The lowest BCUT2D eigenvalue weighted by atomic mass is 10.0. The van der Waals surface area contributed by atoms with E-state index in [4.69, 9.17) is 0 Å². The quantitative estimate of drug-likeness (QED) is 0.633. The number of nitrogens with zero attached hydrogens (tertiary/aromatic N) is 5. The zero-order valence-electron chi connectivity index (χ0n) is 19.0. The Hall–Kier alpha value is -2.67. The number of aryl methyl sites for hydroxylation is 4. The molecule has 0 aliphatic carbocycles. The maximum absolute atomic E-state index is 12.7. The molecular formula is C24H34N6O. The number of aromatic nitrogens is 4.